The number of nitrogen functional groups attached to an aromatic ring is 1. The third-order valence-corrected chi connectivity index (χ3v) is 4.74. The molecule has 1 aromatic rings. The van der Waals surface area contributed by atoms with Crippen LogP contribution in [0.1, 0.15) is 50.4 Å². The number of nitrogens with two attached hydrogens (primary N) is 1. The number of hydrogen-bond donors (Lipinski definition) is 1. The highest BCUT2D eigenvalue weighted by Crippen LogP contribution is 2.52. The predicted molar refractivity (Wildman–Crippen MR) is 79.2 cm³/mol. The molecule has 1 saturated heterocycles. The molecule has 2 fully saturated rings. The van der Waals surface area contributed by atoms with Crippen LogP contribution < -0.4 is 5.73 Å². The lowest BCUT2D eigenvalue weighted by Gasteiger charge is -2.39. The summed E-state index contributed by atoms with van der Waals surface area (Å²) in [7, 11) is 0. The summed E-state index contributed by atoms with van der Waals surface area (Å²) in [5, 5.41) is 0. The van der Waals surface area contributed by atoms with Crippen LogP contribution in [0.2, 0.25) is 0 Å². The fourth-order valence-corrected chi connectivity index (χ4v) is 4.45. The highest BCUT2D eigenvalue weighted by molar-refractivity contribution is 5.98. The number of aromatic nitrogens is 1. The maximum Gasteiger partial charge on any atom is 0.257 e. The van der Waals surface area contributed by atoms with Crippen LogP contribution in [-0.4, -0.2) is 28.4 Å². The number of anilines is 1. The van der Waals surface area contributed by atoms with Gasteiger partial charge in [0.2, 0.25) is 0 Å². The second-order valence-corrected chi connectivity index (χ2v) is 7.58. The molecular formula is C16H23N3O. The summed E-state index contributed by atoms with van der Waals surface area (Å²) >= 11 is 0. The first-order valence-corrected chi connectivity index (χ1v) is 7.31. The van der Waals surface area contributed by atoms with E-state index in [1.54, 1.807) is 18.3 Å². The van der Waals surface area contributed by atoms with Crippen LogP contribution >= 0.6 is 0 Å². The van der Waals surface area contributed by atoms with Crippen molar-refractivity contribution in [1.82, 2.24) is 9.88 Å². The largest absolute Gasteiger partial charge is 0.383 e. The van der Waals surface area contributed by atoms with Crippen molar-refractivity contribution in [2.75, 3.05) is 12.3 Å². The molecule has 0 aromatic carbocycles. The number of amides is 1. The summed E-state index contributed by atoms with van der Waals surface area (Å²) in [6.45, 7) is 7.77. The molecule has 1 aliphatic carbocycles. The highest BCUT2D eigenvalue weighted by Gasteiger charge is 2.51. The van der Waals surface area contributed by atoms with E-state index in [4.69, 9.17) is 5.73 Å². The van der Waals surface area contributed by atoms with Crippen LogP contribution in [0, 0.1) is 10.8 Å². The molecule has 1 aliphatic heterocycles. The summed E-state index contributed by atoms with van der Waals surface area (Å²) in [4.78, 5) is 18.8. The Morgan fingerprint density at radius 1 is 1.40 bits per heavy atom. The Bertz CT molecular complexity index is 554. The van der Waals surface area contributed by atoms with Crippen molar-refractivity contribution >= 4 is 11.7 Å². The van der Waals surface area contributed by atoms with Gasteiger partial charge in [-0.15, -0.1) is 0 Å². The Balaban J connectivity index is 1.89. The Morgan fingerprint density at radius 3 is 2.85 bits per heavy atom. The van der Waals surface area contributed by atoms with Crippen LogP contribution in [0.25, 0.3) is 0 Å². The number of likely N-dealkylation sites (tertiary alicyclic amines) is 1. The van der Waals surface area contributed by atoms with Gasteiger partial charge in [-0.2, -0.15) is 0 Å². The maximum absolute atomic E-state index is 12.8. The van der Waals surface area contributed by atoms with Gasteiger partial charge >= 0.3 is 0 Å². The van der Waals surface area contributed by atoms with Gasteiger partial charge in [0.25, 0.3) is 5.91 Å². The molecule has 1 saturated carbocycles. The van der Waals surface area contributed by atoms with E-state index in [0.29, 0.717) is 22.8 Å². The quantitative estimate of drug-likeness (QED) is 0.856. The molecule has 4 heteroatoms. The van der Waals surface area contributed by atoms with Gasteiger partial charge < -0.3 is 10.6 Å². The number of pyridine rings is 1. The topological polar surface area (TPSA) is 59.2 Å². The molecular weight excluding hydrogens is 250 g/mol. The number of nitrogens with zero attached hydrogens (tertiary/aromatic N) is 2. The molecule has 1 amide bonds. The van der Waals surface area contributed by atoms with Gasteiger partial charge in [0.1, 0.15) is 5.82 Å². The lowest BCUT2D eigenvalue weighted by Crippen LogP contribution is -2.38. The van der Waals surface area contributed by atoms with Crippen molar-refractivity contribution in [3.63, 3.8) is 0 Å². The lowest BCUT2D eigenvalue weighted by atomic mass is 9.65. The van der Waals surface area contributed by atoms with E-state index >= 15 is 0 Å². The van der Waals surface area contributed by atoms with Gasteiger partial charge in [-0.1, -0.05) is 20.8 Å². The zero-order chi connectivity index (χ0) is 14.5. The summed E-state index contributed by atoms with van der Waals surface area (Å²) < 4.78 is 0. The van der Waals surface area contributed by atoms with E-state index in [1.807, 2.05) is 4.90 Å². The monoisotopic (exact) mass is 273 g/mol. The second-order valence-electron chi connectivity index (χ2n) is 7.58. The van der Waals surface area contributed by atoms with Crippen LogP contribution in [-0.2, 0) is 0 Å². The minimum absolute atomic E-state index is 0.0435. The van der Waals surface area contributed by atoms with Crippen LogP contribution in [0.4, 0.5) is 5.82 Å². The maximum atomic E-state index is 12.8. The van der Waals surface area contributed by atoms with Crippen molar-refractivity contribution in [2.45, 2.75) is 46.1 Å². The summed E-state index contributed by atoms with van der Waals surface area (Å²) in [6.07, 6.45) is 5.00. The zero-order valence-electron chi connectivity index (χ0n) is 12.5. The third kappa shape index (κ3) is 2.17. The van der Waals surface area contributed by atoms with Crippen molar-refractivity contribution in [1.29, 1.82) is 0 Å². The number of rotatable bonds is 1. The van der Waals surface area contributed by atoms with Crippen LogP contribution in [0.5, 0.6) is 0 Å². The fourth-order valence-electron chi connectivity index (χ4n) is 4.45. The minimum atomic E-state index is 0.0435. The van der Waals surface area contributed by atoms with E-state index in [9.17, 15) is 4.79 Å². The summed E-state index contributed by atoms with van der Waals surface area (Å²) in [6, 6.07) is 3.90. The predicted octanol–water partition coefficient (Wildman–Crippen LogP) is 2.70. The molecule has 108 valence electrons. The van der Waals surface area contributed by atoms with Gasteiger partial charge in [0.15, 0.2) is 0 Å². The number of fused-ring (bicyclic) bond motifs is 2. The minimum Gasteiger partial charge on any atom is -0.383 e. The lowest BCUT2D eigenvalue weighted by molar-refractivity contribution is 0.0709. The standard InChI is InChI=1S/C16H23N3O/c1-15(2)7-11-8-16(3,9-15)10-19(11)14(20)12-5-4-6-18-13(12)17/h4-6,11H,7-10H2,1-3H3,(H2,17,18). The first kappa shape index (κ1) is 13.4. The highest BCUT2D eigenvalue weighted by atomic mass is 16.2. The molecule has 0 spiro atoms. The van der Waals surface area contributed by atoms with Crippen molar-refractivity contribution in [3.8, 4) is 0 Å². The van der Waals surface area contributed by atoms with Gasteiger partial charge in [-0.25, -0.2) is 4.98 Å². The molecule has 2 atom stereocenters. The van der Waals surface area contributed by atoms with Gasteiger partial charge in [-0.05, 0) is 42.2 Å². The molecule has 2 N–H and O–H groups in total. The van der Waals surface area contributed by atoms with Gasteiger partial charge in [0, 0.05) is 18.8 Å². The zero-order valence-corrected chi connectivity index (χ0v) is 12.5. The third-order valence-electron chi connectivity index (χ3n) is 4.74. The SMILES string of the molecule is CC1(C)CC2CC(C)(CN2C(=O)c2cccnc2N)C1. The number of hydrogen-bond acceptors (Lipinski definition) is 3. The van der Waals surface area contributed by atoms with Crippen molar-refractivity contribution in [3.05, 3.63) is 23.9 Å². The molecule has 2 aliphatic rings. The van der Waals surface area contributed by atoms with E-state index in [0.717, 1.165) is 19.4 Å². The number of carbonyl (C=O) groups is 1. The normalized spacial score (nSPS) is 31.4. The molecule has 20 heavy (non-hydrogen) atoms. The molecule has 1 aromatic heterocycles. The van der Waals surface area contributed by atoms with Gasteiger partial charge in [-0.3, -0.25) is 4.79 Å². The Morgan fingerprint density at radius 2 is 2.15 bits per heavy atom. The Hall–Kier alpha value is -1.58. The smallest absolute Gasteiger partial charge is 0.257 e. The van der Waals surface area contributed by atoms with Crippen molar-refractivity contribution < 1.29 is 4.79 Å². The molecule has 3 rings (SSSR count). The first-order valence-electron chi connectivity index (χ1n) is 7.31. The second kappa shape index (κ2) is 4.21. The van der Waals surface area contributed by atoms with Gasteiger partial charge in [0.05, 0.1) is 5.56 Å². The summed E-state index contributed by atoms with van der Waals surface area (Å²) in [5.41, 5.74) is 6.96. The fraction of sp³-hybridized carbons (Fsp3) is 0.625. The molecule has 2 bridgehead atoms. The van der Waals surface area contributed by atoms with E-state index < -0.39 is 0 Å². The Labute approximate surface area is 120 Å². The molecule has 2 heterocycles. The first-order chi connectivity index (χ1) is 9.30. The average Bonchev–Trinajstić information content (AvgIpc) is 2.58. The van der Waals surface area contributed by atoms with Crippen molar-refractivity contribution in [2.24, 2.45) is 10.8 Å². The molecule has 0 radical (unpaired) electrons. The van der Waals surface area contributed by atoms with E-state index in [-0.39, 0.29) is 11.3 Å². The Kier molecular flexibility index (Phi) is 2.82. The summed E-state index contributed by atoms with van der Waals surface area (Å²) in [5.74, 6) is 0.380. The number of carbonyl (C=O) groups excluding carboxylic acids is 1. The van der Waals surface area contributed by atoms with E-state index in [2.05, 4.69) is 25.8 Å². The van der Waals surface area contributed by atoms with Crippen LogP contribution in [0.3, 0.4) is 0 Å². The molecule has 4 nitrogen and oxygen atoms in total. The molecule has 2 unspecified atom stereocenters. The van der Waals surface area contributed by atoms with Crippen LogP contribution in [0.15, 0.2) is 18.3 Å². The average molecular weight is 273 g/mol. The van der Waals surface area contributed by atoms with E-state index in [1.165, 1.54) is 6.42 Å².